The lowest BCUT2D eigenvalue weighted by atomic mass is 9.87. The molecule has 2 rings (SSSR count). The van der Waals surface area contributed by atoms with Gasteiger partial charge < -0.3 is 10.8 Å². The standard InChI is InChI=1S/C16H23ClFNO/c1-15(2)14(16(15,3)4)13(20)11(8-19)10-6-5-9(18)7-12(10)17/h5-7,11,13-14,20H,8,19H2,1-4H3. The average Bonchev–Trinajstić information content (AvgIpc) is 2.73. The number of aliphatic hydroxyl groups is 1. The zero-order valence-electron chi connectivity index (χ0n) is 12.5. The van der Waals surface area contributed by atoms with Crippen LogP contribution in [-0.4, -0.2) is 17.8 Å². The molecule has 0 aromatic heterocycles. The number of hydrogen-bond acceptors (Lipinski definition) is 2. The lowest BCUT2D eigenvalue weighted by Gasteiger charge is -2.24. The summed E-state index contributed by atoms with van der Waals surface area (Å²) in [6, 6.07) is 4.26. The van der Waals surface area contributed by atoms with Crippen LogP contribution in [0.25, 0.3) is 0 Å². The van der Waals surface area contributed by atoms with Gasteiger partial charge in [0.2, 0.25) is 0 Å². The van der Waals surface area contributed by atoms with E-state index in [1.54, 1.807) is 6.07 Å². The highest BCUT2D eigenvalue weighted by molar-refractivity contribution is 6.31. The van der Waals surface area contributed by atoms with Crippen molar-refractivity contribution in [2.75, 3.05) is 6.54 Å². The highest BCUT2D eigenvalue weighted by Gasteiger charge is 2.67. The van der Waals surface area contributed by atoms with Crippen LogP contribution in [0.4, 0.5) is 4.39 Å². The van der Waals surface area contributed by atoms with E-state index in [2.05, 4.69) is 27.7 Å². The Morgan fingerprint density at radius 2 is 1.85 bits per heavy atom. The molecule has 2 atom stereocenters. The third kappa shape index (κ3) is 2.26. The summed E-state index contributed by atoms with van der Waals surface area (Å²) >= 11 is 6.11. The maximum Gasteiger partial charge on any atom is 0.124 e. The van der Waals surface area contributed by atoms with Gasteiger partial charge in [-0.25, -0.2) is 4.39 Å². The number of nitrogens with two attached hydrogens (primary N) is 1. The smallest absolute Gasteiger partial charge is 0.124 e. The number of benzene rings is 1. The lowest BCUT2D eigenvalue weighted by Crippen LogP contribution is -2.30. The van der Waals surface area contributed by atoms with E-state index in [0.29, 0.717) is 5.02 Å². The van der Waals surface area contributed by atoms with Crippen molar-refractivity contribution in [3.8, 4) is 0 Å². The fourth-order valence-electron chi connectivity index (χ4n) is 3.59. The lowest BCUT2D eigenvalue weighted by molar-refractivity contribution is 0.102. The van der Waals surface area contributed by atoms with Crippen molar-refractivity contribution in [1.82, 2.24) is 0 Å². The maximum absolute atomic E-state index is 13.2. The summed E-state index contributed by atoms with van der Waals surface area (Å²) in [4.78, 5) is 0. The minimum atomic E-state index is -0.576. The molecule has 2 unspecified atom stereocenters. The highest BCUT2D eigenvalue weighted by atomic mass is 35.5. The van der Waals surface area contributed by atoms with E-state index < -0.39 is 6.10 Å². The third-order valence-electron chi connectivity index (χ3n) is 5.50. The summed E-state index contributed by atoms with van der Waals surface area (Å²) in [5.41, 5.74) is 6.69. The molecular formula is C16H23ClFNO. The normalized spacial score (nSPS) is 23.4. The summed E-state index contributed by atoms with van der Waals surface area (Å²) in [5.74, 6) is -0.491. The van der Waals surface area contributed by atoms with Gasteiger partial charge in [-0.15, -0.1) is 0 Å². The predicted octanol–water partition coefficient (Wildman–Crippen LogP) is 3.56. The first-order chi connectivity index (χ1) is 9.14. The quantitative estimate of drug-likeness (QED) is 0.893. The number of halogens is 2. The van der Waals surface area contributed by atoms with Gasteiger partial charge in [0.05, 0.1) is 6.10 Å². The van der Waals surface area contributed by atoms with Crippen LogP contribution in [0.5, 0.6) is 0 Å². The largest absolute Gasteiger partial charge is 0.392 e. The van der Waals surface area contributed by atoms with E-state index in [1.165, 1.54) is 12.1 Å². The number of aliphatic hydroxyl groups excluding tert-OH is 1. The van der Waals surface area contributed by atoms with Crippen molar-refractivity contribution >= 4 is 11.6 Å². The number of rotatable bonds is 4. The Balaban J connectivity index is 2.30. The molecule has 0 aliphatic heterocycles. The summed E-state index contributed by atoms with van der Waals surface area (Å²) in [6.07, 6.45) is -0.576. The summed E-state index contributed by atoms with van der Waals surface area (Å²) < 4.78 is 13.2. The van der Waals surface area contributed by atoms with Gasteiger partial charge >= 0.3 is 0 Å². The molecule has 0 radical (unpaired) electrons. The second-order valence-corrected chi connectivity index (χ2v) is 7.33. The molecule has 1 fully saturated rings. The summed E-state index contributed by atoms with van der Waals surface area (Å²) in [7, 11) is 0. The Labute approximate surface area is 125 Å². The second-order valence-electron chi connectivity index (χ2n) is 6.92. The predicted molar refractivity (Wildman–Crippen MR) is 80.3 cm³/mol. The van der Waals surface area contributed by atoms with Gasteiger partial charge in [0.1, 0.15) is 5.82 Å². The number of hydrogen-bond donors (Lipinski definition) is 2. The van der Waals surface area contributed by atoms with E-state index in [4.69, 9.17) is 17.3 Å². The molecule has 0 spiro atoms. The fourth-order valence-corrected chi connectivity index (χ4v) is 3.89. The molecular weight excluding hydrogens is 277 g/mol. The van der Waals surface area contributed by atoms with Crippen molar-refractivity contribution in [3.05, 3.63) is 34.6 Å². The molecule has 1 aliphatic carbocycles. The van der Waals surface area contributed by atoms with E-state index in [0.717, 1.165) is 5.56 Å². The molecule has 0 saturated heterocycles. The molecule has 20 heavy (non-hydrogen) atoms. The zero-order valence-corrected chi connectivity index (χ0v) is 13.2. The molecule has 3 N–H and O–H groups in total. The molecule has 1 saturated carbocycles. The van der Waals surface area contributed by atoms with Crippen LogP contribution in [0.15, 0.2) is 18.2 Å². The molecule has 0 heterocycles. The van der Waals surface area contributed by atoms with E-state index >= 15 is 0 Å². The monoisotopic (exact) mass is 299 g/mol. The molecule has 1 aromatic rings. The van der Waals surface area contributed by atoms with Crippen molar-refractivity contribution in [3.63, 3.8) is 0 Å². The highest BCUT2D eigenvalue weighted by Crippen LogP contribution is 2.70. The minimum Gasteiger partial charge on any atom is -0.392 e. The van der Waals surface area contributed by atoms with Crippen LogP contribution in [0.2, 0.25) is 5.02 Å². The topological polar surface area (TPSA) is 46.2 Å². The minimum absolute atomic E-state index is 0.0618. The summed E-state index contributed by atoms with van der Waals surface area (Å²) in [6.45, 7) is 8.90. The van der Waals surface area contributed by atoms with Crippen LogP contribution >= 0.6 is 11.6 Å². The van der Waals surface area contributed by atoms with Crippen LogP contribution < -0.4 is 5.73 Å². The Hall–Kier alpha value is -0.640. The molecule has 1 aromatic carbocycles. The molecule has 0 amide bonds. The van der Waals surface area contributed by atoms with Gasteiger partial charge in [-0.2, -0.15) is 0 Å². The van der Waals surface area contributed by atoms with E-state index in [9.17, 15) is 9.50 Å². The van der Waals surface area contributed by atoms with Crippen LogP contribution in [-0.2, 0) is 0 Å². The van der Waals surface area contributed by atoms with Gasteiger partial charge in [-0.3, -0.25) is 0 Å². The SMILES string of the molecule is CC1(C)C(C(O)C(CN)c2ccc(F)cc2Cl)C1(C)C. The molecule has 112 valence electrons. The van der Waals surface area contributed by atoms with E-state index in [1.807, 2.05) is 0 Å². The molecule has 1 aliphatic rings. The Bertz CT molecular complexity index is 501. The first kappa shape index (κ1) is 15.7. The van der Waals surface area contributed by atoms with Gasteiger partial charge in [-0.05, 0) is 34.4 Å². The van der Waals surface area contributed by atoms with Crippen molar-refractivity contribution in [1.29, 1.82) is 0 Å². The summed E-state index contributed by atoms with van der Waals surface area (Å²) in [5, 5.41) is 11.1. The third-order valence-corrected chi connectivity index (χ3v) is 5.83. The van der Waals surface area contributed by atoms with Gasteiger partial charge in [-0.1, -0.05) is 45.4 Å². The van der Waals surface area contributed by atoms with Crippen molar-refractivity contribution in [2.45, 2.75) is 39.7 Å². The van der Waals surface area contributed by atoms with Crippen molar-refractivity contribution in [2.24, 2.45) is 22.5 Å². The first-order valence-corrected chi connectivity index (χ1v) is 7.35. The molecule has 2 nitrogen and oxygen atoms in total. The Morgan fingerprint density at radius 1 is 1.30 bits per heavy atom. The second kappa shape index (κ2) is 4.97. The molecule has 4 heteroatoms. The Kier molecular flexibility index (Phi) is 3.91. The zero-order chi connectivity index (χ0) is 15.3. The van der Waals surface area contributed by atoms with E-state index in [-0.39, 0.29) is 35.0 Å². The van der Waals surface area contributed by atoms with Gasteiger partial charge in [0.15, 0.2) is 0 Å². The Morgan fingerprint density at radius 3 is 2.25 bits per heavy atom. The van der Waals surface area contributed by atoms with Crippen LogP contribution in [0.3, 0.4) is 0 Å². The van der Waals surface area contributed by atoms with Crippen LogP contribution in [0, 0.1) is 22.6 Å². The first-order valence-electron chi connectivity index (χ1n) is 6.97. The average molecular weight is 300 g/mol. The maximum atomic E-state index is 13.2. The van der Waals surface area contributed by atoms with Crippen LogP contribution in [0.1, 0.15) is 39.2 Å². The van der Waals surface area contributed by atoms with Gasteiger partial charge in [0.25, 0.3) is 0 Å². The fraction of sp³-hybridized carbons (Fsp3) is 0.625. The van der Waals surface area contributed by atoms with Crippen molar-refractivity contribution < 1.29 is 9.50 Å². The molecule has 0 bridgehead atoms. The van der Waals surface area contributed by atoms with Gasteiger partial charge in [0, 0.05) is 17.5 Å².